The third-order valence-corrected chi connectivity index (χ3v) is 2.54. The highest BCUT2D eigenvalue weighted by molar-refractivity contribution is 7.48. The van der Waals surface area contributed by atoms with Crippen LogP contribution in [0.25, 0.3) is 0 Å². The van der Waals surface area contributed by atoms with Crippen LogP contribution in [0.1, 0.15) is 6.42 Å². The number of aliphatic hydroxyl groups is 1. The van der Waals surface area contributed by atoms with Gasteiger partial charge in [0.2, 0.25) is 0 Å². The van der Waals surface area contributed by atoms with E-state index in [1.165, 1.54) is 7.11 Å². The van der Waals surface area contributed by atoms with Crippen molar-refractivity contribution in [1.82, 2.24) is 0 Å². The molecule has 1 saturated heterocycles. The second kappa shape index (κ2) is 2.98. The van der Waals surface area contributed by atoms with E-state index in [2.05, 4.69) is 13.6 Å². The summed E-state index contributed by atoms with van der Waals surface area (Å²) in [5.41, 5.74) is 0. The van der Waals surface area contributed by atoms with Gasteiger partial charge in [0.1, 0.15) is 0 Å². The summed E-state index contributed by atoms with van der Waals surface area (Å²) in [6, 6.07) is 0. The van der Waals surface area contributed by atoms with Crippen LogP contribution >= 0.6 is 7.82 Å². The summed E-state index contributed by atoms with van der Waals surface area (Å²) in [4.78, 5) is 0. The smallest absolute Gasteiger partial charge is 0.367 e. The van der Waals surface area contributed by atoms with Gasteiger partial charge in [-0.1, -0.05) is 0 Å². The first-order valence-electron chi connectivity index (χ1n) is 2.83. The van der Waals surface area contributed by atoms with Crippen LogP contribution in [0.5, 0.6) is 0 Å². The lowest BCUT2D eigenvalue weighted by Gasteiger charge is -2.23. The van der Waals surface area contributed by atoms with Gasteiger partial charge in [-0.3, -0.25) is 13.6 Å². The molecule has 5 nitrogen and oxygen atoms in total. The van der Waals surface area contributed by atoms with E-state index in [0.29, 0.717) is 6.42 Å². The molecular formula is C4H9O5P. The Bertz CT molecular complexity index is 158. The molecule has 1 aliphatic heterocycles. The molecule has 0 bridgehead atoms. The fraction of sp³-hybridized carbons (Fsp3) is 1.00. The van der Waals surface area contributed by atoms with Gasteiger partial charge < -0.3 is 5.11 Å². The number of aliphatic hydroxyl groups excluding tert-OH is 1. The van der Waals surface area contributed by atoms with Crippen molar-refractivity contribution in [2.45, 2.75) is 12.7 Å². The van der Waals surface area contributed by atoms with Crippen LogP contribution in [0.15, 0.2) is 0 Å². The Labute approximate surface area is 58.5 Å². The Morgan fingerprint density at radius 1 is 1.80 bits per heavy atom. The first kappa shape index (κ1) is 8.17. The summed E-state index contributed by atoms with van der Waals surface area (Å²) >= 11 is 0. The van der Waals surface area contributed by atoms with Gasteiger partial charge in [0.25, 0.3) is 0 Å². The predicted octanol–water partition coefficient (Wildman–Crippen LogP) is 0.496. The molecule has 0 spiro atoms. The Morgan fingerprint density at radius 3 is 2.90 bits per heavy atom. The van der Waals surface area contributed by atoms with Gasteiger partial charge in [-0.25, -0.2) is 4.57 Å². The molecule has 0 aliphatic carbocycles. The topological polar surface area (TPSA) is 65.0 Å². The molecule has 1 fully saturated rings. The largest absolute Gasteiger partial charge is 0.476 e. The molecule has 0 aromatic rings. The first-order valence-corrected chi connectivity index (χ1v) is 4.29. The number of rotatable bonds is 1. The van der Waals surface area contributed by atoms with Crippen LogP contribution < -0.4 is 0 Å². The van der Waals surface area contributed by atoms with Crippen LogP contribution in [0, 0.1) is 0 Å². The predicted molar refractivity (Wildman–Crippen MR) is 32.3 cm³/mol. The molecule has 6 heteroatoms. The number of phosphoric ester groups is 1. The summed E-state index contributed by atoms with van der Waals surface area (Å²) in [6.45, 7) is 0.201. The van der Waals surface area contributed by atoms with E-state index < -0.39 is 14.1 Å². The summed E-state index contributed by atoms with van der Waals surface area (Å²) in [6.07, 6.45) is -0.701. The van der Waals surface area contributed by atoms with Crippen molar-refractivity contribution < 1.29 is 23.2 Å². The Kier molecular flexibility index (Phi) is 2.44. The van der Waals surface area contributed by atoms with E-state index in [9.17, 15) is 4.57 Å². The van der Waals surface area contributed by atoms with E-state index in [1.807, 2.05) is 0 Å². The first-order chi connectivity index (χ1) is 4.66. The molecule has 60 valence electrons. The molecule has 1 aliphatic rings. The molecule has 0 saturated carbocycles. The van der Waals surface area contributed by atoms with Crippen molar-refractivity contribution in [2.75, 3.05) is 13.7 Å². The third-order valence-electron chi connectivity index (χ3n) is 1.09. The van der Waals surface area contributed by atoms with E-state index in [0.717, 1.165) is 0 Å². The minimum atomic E-state index is -3.40. The highest BCUT2D eigenvalue weighted by Gasteiger charge is 2.32. The fourth-order valence-corrected chi connectivity index (χ4v) is 1.58. The van der Waals surface area contributed by atoms with Crippen LogP contribution in [0.3, 0.4) is 0 Å². The maximum Gasteiger partial charge on any atom is 0.476 e. The normalized spacial score (nSPS) is 41.6. The Balaban J connectivity index is 2.54. The lowest BCUT2D eigenvalue weighted by molar-refractivity contribution is -0.0829. The highest BCUT2D eigenvalue weighted by Crippen LogP contribution is 2.52. The molecule has 1 heterocycles. The zero-order valence-electron chi connectivity index (χ0n) is 5.52. The second-order valence-corrected chi connectivity index (χ2v) is 3.54. The molecular weight excluding hydrogens is 159 g/mol. The van der Waals surface area contributed by atoms with E-state index in [1.54, 1.807) is 0 Å². The van der Waals surface area contributed by atoms with Crippen molar-refractivity contribution in [1.29, 1.82) is 0 Å². The van der Waals surface area contributed by atoms with Crippen LogP contribution in [-0.4, -0.2) is 25.1 Å². The van der Waals surface area contributed by atoms with Gasteiger partial charge in [-0.05, 0) is 0 Å². The maximum atomic E-state index is 11.0. The molecule has 1 rings (SSSR count). The highest BCUT2D eigenvalue weighted by atomic mass is 31.2. The maximum absolute atomic E-state index is 11.0. The monoisotopic (exact) mass is 168 g/mol. The molecule has 2 unspecified atom stereocenters. The summed E-state index contributed by atoms with van der Waals surface area (Å²) < 4.78 is 24.5. The van der Waals surface area contributed by atoms with Gasteiger partial charge in [-0.2, -0.15) is 0 Å². The van der Waals surface area contributed by atoms with Crippen molar-refractivity contribution in [3.05, 3.63) is 0 Å². The molecule has 0 aromatic carbocycles. The lowest BCUT2D eigenvalue weighted by atomic mass is 10.5. The number of phosphoric acid groups is 1. The van der Waals surface area contributed by atoms with Gasteiger partial charge in [0.15, 0.2) is 6.29 Å². The van der Waals surface area contributed by atoms with Gasteiger partial charge >= 0.3 is 7.82 Å². The molecule has 0 amide bonds. The van der Waals surface area contributed by atoms with Gasteiger partial charge in [0.05, 0.1) is 6.61 Å². The van der Waals surface area contributed by atoms with E-state index in [-0.39, 0.29) is 6.61 Å². The zero-order chi connectivity index (χ0) is 7.61. The number of hydrogen-bond donors (Lipinski definition) is 1. The summed E-state index contributed by atoms with van der Waals surface area (Å²) in [5.74, 6) is 0. The lowest BCUT2D eigenvalue weighted by Crippen LogP contribution is -2.19. The molecule has 0 aromatic heterocycles. The molecule has 1 N–H and O–H groups in total. The van der Waals surface area contributed by atoms with Crippen molar-refractivity contribution in [2.24, 2.45) is 0 Å². The van der Waals surface area contributed by atoms with E-state index in [4.69, 9.17) is 5.11 Å². The van der Waals surface area contributed by atoms with Crippen LogP contribution in [0.4, 0.5) is 0 Å². The summed E-state index contributed by atoms with van der Waals surface area (Å²) in [5, 5.41) is 8.82. The number of hydrogen-bond acceptors (Lipinski definition) is 5. The zero-order valence-corrected chi connectivity index (χ0v) is 6.41. The summed E-state index contributed by atoms with van der Waals surface area (Å²) in [7, 11) is -2.19. The van der Waals surface area contributed by atoms with Crippen molar-refractivity contribution in [3.63, 3.8) is 0 Å². The van der Waals surface area contributed by atoms with Crippen molar-refractivity contribution in [3.8, 4) is 0 Å². The van der Waals surface area contributed by atoms with Gasteiger partial charge in [-0.15, -0.1) is 0 Å². The third kappa shape index (κ3) is 1.78. The minimum absolute atomic E-state index is 0.201. The average Bonchev–Trinajstić information content (AvgIpc) is 1.88. The fourth-order valence-electron chi connectivity index (χ4n) is 0.593. The van der Waals surface area contributed by atoms with Crippen LogP contribution in [0.2, 0.25) is 0 Å². The second-order valence-electron chi connectivity index (χ2n) is 1.81. The molecule has 2 atom stereocenters. The Hall–Kier alpha value is 0.0700. The minimum Gasteiger partial charge on any atom is -0.367 e. The van der Waals surface area contributed by atoms with Crippen LogP contribution in [-0.2, 0) is 18.1 Å². The van der Waals surface area contributed by atoms with Gasteiger partial charge in [0, 0.05) is 13.5 Å². The average molecular weight is 168 g/mol. The molecule has 0 radical (unpaired) electrons. The van der Waals surface area contributed by atoms with Crippen molar-refractivity contribution >= 4 is 7.82 Å². The quantitative estimate of drug-likeness (QED) is 0.577. The molecule has 10 heavy (non-hydrogen) atoms. The van der Waals surface area contributed by atoms with E-state index >= 15 is 0 Å². The SMILES string of the molecule is COP1(=O)OCCC(O)O1. The standard InChI is InChI=1S/C4H9O5P/c1-7-10(6)8-3-2-4(5)9-10/h4-5H,2-3H2,1H3. The Morgan fingerprint density at radius 2 is 2.50 bits per heavy atom.